The first-order valence-corrected chi connectivity index (χ1v) is 11.8. The highest BCUT2D eigenvalue weighted by Gasteiger charge is 2.21. The number of aliphatic hydroxyl groups is 2. The smallest absolute Gasteiger partial charge is 0.224 e. The molecule has 0 saturated carbocycles. The number of nitrogens with two attached hydrogens (primary N) is 1. The third-order valence-corrected chi connectivity index (χ3v) is 6.39. The first-order valence-electron chi connectivity index (χ1n) is 10.5. The lowest BCUT2D eigenvalue weighted by Gasteiger charge is -2.20. The van der Waals surface area contributed by atoms with Gasteiger partial charge in [0.15, 0.2) is 11.0 Å². The Morgan fingerprint density at radius 1 is 1.27 bits per heavy atom. The van der Waals surface area contributed by atoms with Crippen LogP contribution in [0.5, 0.6) is 0 Å². The largest absolute Gasteiger partial charge is 0.394 e. The predicted octanol–water partition coefficient (Wildman–Crippen LogP) is 2.30. The van der Waals surface area contributed by atoms with Crippen LogP contribution in [-0.4, -0.2) is 56.1 Å². The summed E-state index contributed by atoms with van der Waals surface area (Å²) < 4.78 is 5.66. The van der Waals surface area contributed by atoms with Gasteiger partial charge in [0.2, 0.25) is 11.9 Å². The van der Waals surface area contributed by atoms with E-state index in [-0.39, 0.29) is 18.3 Å². The summed E-state index contributed by atoms with van der Waals surface area (Å²) in [5.41, 5.74) is 8.82. The lowest BCUT2D eigenvalue weighted by atomic mass is 9.94. The molecule has 0 bridgehead atoms. The summed E-state index contributed by atoms with van der Waals surface area (Å²) in [7, 11) is 0. The van der Waals surface area contributed by atoms with Crippen LogP contribution in [-0.2, 0) is 22.7 Å². The van der Waals surface area contributed by atoms with Crippen molar-refractivity contribution >= 4 is 46.0 Å². The minimum Gasteiger partial charge on any atom is -0.394 e. The second-order valence-corrected chi connectivity index (χ2v) is 9.09. The van der Waals surface area contributed by atoms with Crippen LogP contribution in [0.1, 0.15) is 24.0 Å². The molecule has 174 valence electrons. The average molecular weight is 490 g/mol. The summed E-state index contributed by atoms with van der Waals surface area (Å²) >= 11 is 8.05. The van der Waals surface area contributed by atoms with Crippen molar-refractivity contribution in [1.29, 1.82) is 0 Å². The van der Waals surface area contributed by atoms with Crippen LogP contribution in [0.4, 0.5) is 5.95 Å². The van der Waals surface area contributed by atoms with Crippen molar-refractivity contribution < 1.29 is 19.7 Å². The molecule has 1 aromatic heterocycles. The Bertz CT molecular complexity index is 1180. The third kappa shape index (κ3) is 5.53. The molecule has 3 aromatic rings. The van der Waals surface area contributed by atoms with E-state index in [4.69, 9.17) is 27.2 Å². The van der Waals surface area contributed by atoms with Crippen molar-refractivity contribution in [3.8, 4) is 11.4 Å². The molecule has 1 aliphatic heterocycles. The number of nitrogens with zero attached hydrogens (tertiary/aromatic N) is 3. The van der Waals surface area contributed by atoms with Gasteiger partial charge in [-0.2, -0.15) is 9.97 Å². The summed E-state index contributed by atoms with van der Waals surface area (Å²) in [6, 6.07) is 7.89. The molecular weight excluding hydrogens is 466 g/mol. The number of thioether (sulfide) groups is 1. The van der Waals surface area contributed by atoms with Gasteiger partial charge in [-0.1, -0.05) is 41.6 Å². The van der Waals surface area contributed by atoms with Gasteiger partial charge in [0.25, 0.3) is 0 Å². The van der Waals surface area contributed by atoms with Crippen LogP contribution >= 0.6 is 23.4 Å². The maximum atomic E-state index is 11.6. The lowest BCUT2D eigenvalue weighted by molar-refractivity contribution is -0.123. The normalized spacial score (nSPS) is 13.8. The van der Waals surface area contributed by atoms with E-state index in [0.717, 1.165) is 21.9 Å². The minimum atomic E-state index is -1.04. The molecule has 0 radical (unpaired) electrons. The number of ether oxygens (including phenoxy) is 1. The predicted molar refractivity (Wildman–Crippen MR) is 127 cm³/mol. The number of carbonyl (C=O) groups excluding carboxylic acids is 1. The molecule has 1 unspecified atom stereocenters. The molecular formula is C22H24ClN5O4S. The monoisotopic (exact) mass is 489 g/mol. The molecule has 33 heavy (non-hydrogen) atoms. The second-order valence-electron chi connectivity index (χ2n) is 7.62. The van der Waals surface area contributed by atoms with Crippen LogP contribution < -0.4 is 11.1 Å². The Balaban J connectivity index is 1.49. The van der Waals surface area contributed by atoms with E-state index in [1.807, 2.05) is 24.3 Å². The van der Waals surface area contributed by atoms with E-state index in [9.17, 15) is 9.90 Å². The highest BCUT2D eigenvalue weighted by molar-refractivity contribution is 7.99. The lowest BCUT2D eigenvalue weighted by Crippen LogP contribution is -2.29. The molecule has 0 saturated heterocycles. The van der Waals surface area contributed by atoms with Crippen LogP contribution in [0.2, 0.25) is 5.02 Å². The molecule has 1 amide bonds. The van der Waals surface area contributed by atoms with Gasteiger partial charge in [-0.05, 0) is 34.4 Å². The fourth-order valence-electron chi connectivity index (χ4n) is 3.71. The molecule has 5 N–H and O–H groups in total. The van der Waals surface area contributed by atoms with E-state index in [0.29, 0.717) is 53.5 Å². The summed E-state index contributed by atoms with van der Waals surface area (Å²) in [5, 5.41) is 23.8. The Morgan fingerprint density at radius 2 is 2.09 bits per heavy atom. The molecule has 9 nitrogen and oxygen atoms in total. The number of benzene rings is 2. The van der Waals surface area contributed by atoms with Crippen molar-refractivity contribution in [3.05, 3.63) is 40.4 Å². The molecule has 1 atom stereocenters. The minimum absolute atomic E-state index is 0.105. The molecule has 11 heteroatoms. The van der Waals surface area contributed by atoms with Gasteiger partial charge >= 0.3 is 0 Å². The van der Waals surface area contributed by atoms with E-state index < -0.39 is 12.7 Å². The van der Waals surface area contributed by atoms with E-state index in [2.05, 4.69) is 20.3 Å². The highest BCUT2D eigenvalue weighted by Crippen LogP contribution is 2.39. The number of rotatable bonds is 9. The number of nitrogens with one attached hydrogen (secondary N) is 1. The molecule has 2 aromatic carbocycles. The van der Waals surface area contributed by atoms with E-state index >= 15 is 0 Å². The number of anilines is 1. The number of hydrogen-bond donors (Lipinski definition) is 4. The second kappa shape index (κ2) is 10.6. The Morgan fingerprint density at radius 3 is 2.91 bits per heavy atom. The summed E-state index contributed by atoms with van der Waals surface area (Å²) in [6.07, 6.45) is -0.507. The zero-order valence-electron chi connectivity index (χ0n) is 17.8. The number of halogens is 1. The van der Waals surface area contributed by atoms with Crippen molar-refractivity contribution in [1.82, 2.24) is 20.3 Å². The number of hydrogen-bond acceptors (Lipinski definition) is 9. The highest BCUT2D eigenvalue weighted by atomic mass is 35.5. The van der Waals surface area contributed by atoms with Gasteiger partial charge in [0.1, 0.15) is 0 Å². The third-order valence-electron chi connectivity index (χ3n) is 5.16. The van der Waals surface area contributed by atoms with Crippen LogP contribution in [0.3, 0.4) is 0 Å². The van der Waals surface area contributed by atoms with Crippen molar-refractivity contribution in [2.45, 2.75) is 37.3 Å². The Labute approximate surface area is 199 Å². The number of aromatic nitrogens is 3. The number of aliphatic hydroxyl groups excluding tert-OH is 2. The summed E-state index contributed by atoms with van der Waals surface area (Å²) in [5.74, 6) is 0.849. The molecule has 1 aliphatic rings. The quantitative estimate of drug-likeness (QED) is 0.263. The van der Waals surface area contributed by atoms with Crippen molar-refractivity contribution in [2.75, 3.05) is 24.6 Å². The molecule has 0 spiro atoms. The van der Waals surface area contributed by atoms with Crippen LogP contribution in [0, 0.1) is 0 Å². The van der Waals surface area contributed by atoms with Gasteiger partial charge in [-0.15, -0.1) is 0 Å². The van der Waals surface area contributed by atoms with Gasteiger partial charge in [0.05, 0.1) is 37.4 Å². The SMILES string of the molecule is Nc1nc(SCCCNC(=O)CC(O)CO)nc(-c2c(Cl)cc3c4c(cccc24)COC3)n1. The van der Waals surface area contributed by atoms with E-state index in [1.54, 1.807) is 0 Å². The van der Waals surface area contributed by atoms with Gasteiger partial charge in [0, 0.05) is 17.9 Å². The molecule has 2 heterocycles. The first-order chi connectivity index (χ1) is 16.0. The van der Waals surface area contributed by atoms with E-state index in [1.165, 1.54) is 11.8 Å². The van der Waals surface area contributed by atoms with Gasteiger partial charge < -0.3 is 26.0 Å². The topological polar surface area (TPSA) is 143 Å². The average Bonchev–Trinajstić information content (AvgIpc) is 2.78. The molecule has 0 aliphatic carbocycles. The summed E-state index contributed by atoms with van der Waals surface area (Å²) in [4.78, 5) is 24.8. The first kappa shape index (κ1) is 23.7. The fraction of sp³-hybridized carbons (Fsp3) is 0.364. The maximum absolute atomic E-state index is 11.6. The van der Waals surface area contributed by atoms with Gasteiger partial charge in [-0.3, -0.25) is 4.79 Å². The fourth-order valence-corrected chi connectivity index (χ4v) is 4.81. The Kier molecular flexibility index (Phi) is 7.61. The van der Waals surface area contributed by atoms with Crippen molar-refractivity contribution in [3.63, 3.8) is 0 Å². The maximum Gasteiger partial charge on any atom is 0.224 e. The number of amides is 1. The molecule has 0 fully saturated rings. The zero-order valence-corrected chi connectivity index (χ0v) is 19.3. The molecule has 4 rings (SSSR count). The zero-order chi connectivity index (χ0) is 23.4. The number of nitrogen functional groups attached to an aromatic ring is 1. The Hall–Kier alpha value is -2.50. The summed E-state index contributed by atoms with van der Waals surface area (Å²) in [6.45, 7) is 1.04. The van der Waals surface area contributed by atoms with Crippen molar-refractivity contribution in [2.24, 2.45) is 0 Å². The van der Waals surface area contributed by atoms with Crippen LogP contribution in [0.15, 0.2) is 29.4 Å². The standard InChI is InChI=1S/C22H24ClN5O4S/c23-16-7-13-11-32-10-12-3-1-4-15(18(12)13)19(16)20-26-21(24)28-22(27-20)33-6-2-5-25-17(31)8-14(30)9-29/h1,3-4,7,14,29-30H,2,5-6,8-11H2,(H,25,31)(H2,24,26,27,28). The van der Waals surface area contributed by atoms with Gasteiger partial charge in [-0.25, -0.2) is 4.98 Å². The number of carbonyl (C=O) groups is 1. The van der Waals surface area contributed by atoms with Crippen LogP contribution in [0.25, 0.3) is 22.2 Å².